The van der Waals surface area contributed by atoms with Crippen LogP contribution in [0.3, 0.4) is 0 Å². The average molecular weight is 396 g/mol. The molecule has 8 heteroatoms. The average Bonchev–Trinajstić information content (AvgIpc) is 3.17. The van der Waals surface area contributed by atoms with Crippen LogP contribution >= 0.6 is 0 Å². The molecule has 0 aromatic carbocycles. The first-order chi connectivity index (χ1) is 14.1. The molecule has 2 N–H and O–H groups in total. The first-order valence-electron chi connectivity index (χ1n) is 9.66. The van der Waals surface area contributed by atoms with E-state index >= 15 is 0 Å². The topological polar surface area (TPSA) is 94.0 Å². The predicted molar refractivity (Wildman–Crippen MR) is 116 cm³/mol. The van der Waals surface area contributed by atoms with E-state index in [0.717, 1.165) is 36.6 Å². The van der Waals surface area contributed by atoms with Crippen LogP contribution in [0.4, 0.5) is 11.6 Å². The van der Waals surface area contributed by atoms with Gasteiger partial charge in [-0.3, -0.25) is 14.3 Å². The highest BCUT2D eigenvalue weighted by atomic mass is 16.5. The molecule has 3 aromatic rings. The molecule has 29 heavy (non-hydrogen) atoms. The summed E-state index contributed by atoms with van der Waals surface area (Å²) in [5, 5.41) is 6.93. The Kier molecular flexibility index (Phi) is 5.41. The summed E-state index contributed by atoms with van der Waals surface area (Å²) in [7, 11) is 1.49. The van der Waals surface area contributed by atoms with Gasteiger partial charge in [-0.2, -0.15) is 0 Å². The van der Waals surface area contributed by atoms with Gasteiger partial charge in [0.1, 0.15) is 11.6 Å². The lowest BCUT2D eigenvalue weighted by Crippen LogP contribution is -2.22. The molecule has 1 aliphatic rings. The molecule has 3 aromatic heterocycles. The fourth-order valence-corrected chi connectivity index (χ4v) is 3.58. The van der Waals surface area contributed by atoms with Gasteiger partial charge in [-0.15, -0.1) is 0 Å². The van der Waals surface area contributed by atoms with Gasteiger partial charge in [0.15, 0.2) is 5.75 Å². The van der Waals surface area contributed by atoms with Crippen molar-refractivity contribution in [3.8, 4) is 11.4 Å². The molecule has 0 bridgehead atoms. The summed E-state index contributed by atoms with van der Waals surface area (Å²) in [6.45, 7) is 1.93. The molecule has 4 rings (SSSR count). The first kappa shape index (κ1) is 18.9. The molecule has 0 radical (unpaired) electrons. The van der Waals surface area contributed by atoms with E-state index in [2.05, 4.69) is 25.6 Å². The Morgan fingerprint density at radius 3 is 2.45 bits per heavy atom. The third kappa shape index (κ3) is 4.37. The van der Waals surface area contributed by atoms with Gasteiger partial charge in [-0.05, 0) is 50.5 Å². The summed E-state index contributed by atoms with van der Waals surface area (Å²) in [6, 6.07) is 7.89. The van der Waals surface area contributed by atoms with Crippen LogP contribution in [0.15, 0.2) is 53.8 Å². The Morgan fingerprint density at radius 1 is 1.03 bits per heavy atom. The summed E-state index contributed by atoms with van der Waals surface area (Å²) in [5.74, 6) is 1.91. The molecule has 0 amide bonds. The second-order valence-electron chi connectivity index (χ2n) is 7.19. The number of aromatic nitrogens is 4. The lowest BCUT2D eigenvalue weighted by atomic mass is 10.2. The maximum absolute atomic E-state index is 12.3. The van der Waals surface area contributed by atoms with Crippen molar-refractivity contribution in [3.05, 3.63) is 65.1 Å². The van der Waals surface area contributed by atoms with Crippen molar-refractivity contribution in [2.75, 3.05) is 17.7 Å². The number of hydrogen-bond acceptors (Lipinski definition) is 7. The van der Waals surface area contributed by atoms with Crippen molar-refractivity contribution in [2.24, 2.45) is 0 Å². The molecule has 1 saturated carbocycles. The van der Waals surface area contributed by atoms with Crippen molar-refractivity contribution >= 4 is 11.6 Å². The van der Waals surface area contributed by atoms with Crippen molar-refractivity contribution in [1.82, 2.24) is 19.5 Å². The van der Waals surface area contributed by atoms with Crippen LogP contribution in [0, 0.1) is 6.92 Å². The molecule has 0 spiro atoms. The molecule has 8 nitrogen and oxygen atoms in total. The minimum atomic E-state index is -0.207. The summed E-state index contributed by atoms with van der Waals surface area (Å²) in [4.78, 5) is 25.5. The Hall–Kier alpha value is -3.42. The quantitative estimate of drug-likeness (QED) is 0.660. The second kappa shape index (κ2) is 8.30. The van der Waals surface area contributed by atoms with Crippen molar-refractivity contribution in [1.29, 1.82) is 0 Å². The summed E-state index contributed by atoms with van der Waals surface area (Å²) >= 11 is 0. The number of pyridine rings is 2. The molecule has 0 aliphatic heterocycles. The van der Waals surface area contributed by atoms with E-state index < -0.39 is 0 Å². The highest BCUT2D eigenvalue weighted by Gasteiger charge is 2.25. The standard InChI is InChI=1S/C21H24N6O2.2H2/c1-14-11-23-20(13-22-14)26-16-6-5-15(10-16)25-19-8-7-17(12-24-19)27-9-3-4-18(29-2)21(27)28;;/h3-4,7-9,11-13,15-16H,5-6,10H2,1-2H3,(H,23,26)(H,24,25);2*1H/t15-,16-;;/m0../s1. The van der Waals surface area contributed by atoms with Gasteiger partial charge < -0.3 is 15.4 Å². The summed E-state index contributed by atoms with van der Waals surface area (Å²) in [6.07, 6.45) is 10.0. The van der Waals surface area contributed by atoms with Crippen molar-refractivity contribution in [2.45, 2.75) is 38.3 Å². The molecule has 1 aliphatic carbocycles. The Bertz CT molecular complexity index is 1030. The van der Waals surface area contributed by atoms with Gasteiger partial charge in [0, 0.05) is 21.1 Å². The highest BCUT2D eigenvalue weighted by molar-refractivity contribution is 5.43. The van der Waals surface area contributed by atoms with Crippen LogP contribution in [0.2, 0.25) is 0 Å². The number of hydrogen-bond donors (Lipinski definition) is 2. The van der Waals surface area contributed by atoms with Gasteiger partial charge in [-0.1, -0.05) is 0 Å². The monoisotopic (exact) mass is 396 g/mol. The molecular weight excluding hydrogens is 368 g/mol. The Balaban J connectivity index is 0.00000171. The van der Waals surface area contributed by atoms with E-state index in [9.17, 15) is 4.79 Å². The number of ether oxygens (including phenoxy) is 1. The first-order valence-corrected chi connectivity index (χ1v) is 9.66. The lowest BCUT2D eigenvalue weighted by molar-refractivity contribution is 0.406. The lowest BCUT2D eigenvalue weighted by Gasteiger charge is -2.16. The summed E-state index contributed by atoms with van der Waals surface area (Å²) in [5.41, 5.74) is 1.40. The van der Waals surface area contributed by atoms with E-state index in [1.54, 1.807) is 36.9 Å². The number of nitrogens with zero attached hydrogens (tertiary/aromatic N) is 4. The van der Waals surface area contributed by atoms with Crippen LogP contribution < -0.4 is 20.9 Å². The second-order valence-corrected chi connectivity index (χ2v) is 7.19. The Morgan fingerprint density at radius 2 is 1.79 bits per heavy atom. The largest absolute Gasteiger partial charge is 0.491 e. The van der Waals surface area contributed by atoms with Crippen LogP contribution in [0.1, 0.15) is 27.8 Å². The number of rotatable bonds is 6. The van der Waals surface area contributed by atoms with E-state index in [1.165, 1.54) is 11.7 Å². The molecule has 2 atom stereocenters. The molecule has 154 valence electrons. The highest BCUT2D eigenvalue weighted by Crippen LogP contribution is 2.25. The molecule has 3 heterocycles. The molecular formula is C21H28N6O2. The molecule has 0 saturated heterocycles. The summed E-state index contributed by atoms with van der Waals surface area (Å²) < 4.78 is 6.62. The van der Waals surface area contributed by atoms with E-state index in [-0.39, 0.29) is 8.41 Å². The van der Waals surface area contributed by atoms with E-state index in [0.29, 0.717) is 23.5 Å². The van der Waals surface area contributed by atoms with Gasteiger partial charge in [0.2, 0.25) is 0 Å². The van der Waals surface area contributed by atoms with E-state index in [4.69, 9.17) is 4.74 Å². The number of methoxy groups -OCH3 is 1. The molecule has 0 unspecified atom stereocenters. The van der Waals surface area contributed by atoms with Crippen LogP contribution in [-0.2, 0) is 0 Å². The smallest absolute Gasteiger partial charge is 0.297 e. The number of nitrogens with one attached hydrogen (secondary N) is 2. The zero-order valence-electron chi connectivity index (χ0n) is 16.5. The normalized spacial score (nSPS) is 18.4. The fraction of sp³-hybridized carbons (Fsp3) is 0.333. The number of aryl methyl sites for hydroxylation is 1. The third-order valence-electron chi connectivity index (χ3n) is 5.08. The fourth-order valence-electron chi connectivity index (χ4n) is 3.58. The minimum Gasteiger partial charge on any atom is -0.491 e. The maximum Gasteiger partial charge on any atom is 0.297 e. The van der Waals surface area contributed by atoms with Crippen molar-refractivity contribution in [3.63, 3.8) is 0 Å². The van der Waals surface area contributed by atoms with Crippen LogP contribution in [-0.4, -0.2) is 38.7 Å². The van der Waals surface area contributed by atoms with Crippen molar-refractivity contribution < 1.29 is 7.59 Å². The zero-order valence-corrected chi connectivity index (χ0v) is 16.5. The van der Waals surface area contributed by atoms with Crippen LogP contribution in [0.5, 0.6) is 5.75 Å². The van der Waals surface area contributed by atoms with Gasteiger partial charge >= 0.3 is 0 Å². The van der Waals surface area contributed by atoms with Crippen LogP contribution in [0.25, 0.3) is 5.69 Å². The minimum absolute atomic E-state index is 0. The van der Waals surface area contributed by atoms with E-state index in [1.807, 2.05) is 19.1 Å². The third-order valence-corrected chi connectivity index (χ3v) is 5.08. The zero-order chi connectivity index (χ0) is 20.2. The molecule has 1 fully saturated rings. The predicted octanol–water partition coefficient (Wildman–Crippen LogP) is 3.28. The maximum atomic E-state index is 12.3. The SMILES string of the molecule is COc1cccn(-c2ccc(N[C@H]3CC[C@H](Nc4cnc(C)cn4)C3)nc2)c1=O.[HH].[HH]. The van der Waals surface area contributed by atoms with Gasteiger partial charge in [-0.25, -0.2) is 9.97 Å². The number of anilines is 2. The Labute approximate surface area is 172 Å². The van der Waals surface area contributed by atoms with Gasteiger partial charge in [0.05, 0.1) is 37.1 Å². The van der Waals surface area contributed by atoms with Gasteiger partial charge in [0.25, 0.3) is 5.56 Å².